The van der Waals surface area contributed by atoms with Gasteiger partial charge in [-0.3, -0.25) is 0 Å². The summed E-state index contributed by atoms with van der Waals surface area (Å²) in [6, 6.07) is 5.75. The highest BCUT2D eigenvalue weighted by Crippen LogP contribution is 2.40. The van der Waals surface area contributed by atoms with Crippen molar-refractivity contribution in [2.45, 2.75) is 51.8 Å². The monoisotopic (exact) mass is 281 g/mol. The van der Waals surface area contributed by atoms with E-state index in [0.717, 1.165) is 11.1 Å². The first kappa shape index (κ1) is 14.9. The second-order valence-electron chi connectivity index (χ2n) is 6.12. The maximum Gasteiger partial charge on any atom is 0.480 e. The highest BCUT2D eigenvalue weighted by Gasteiger charge is 2.53. The van der Waals surface area contributed by atoms with Gasteiger partial charge in [0.25, 0.3) is 0 Å². The molecule has 2 N–H and O–H groups in total. The molecule has 3 nitrogen and oxygen atoms in total. The molecule has 1 atom stereocenters. The van der Waals surface area contributed by atoms with Crippen LogP contribution in [0.1, 0.15) is 44.8 Å². The molecule has 2 rings (SSSR count). The molecule has 1 aliphatic heterocycles. The number of rotatable bonds is 2. The van der Waals surface area contributed by atoms with Gasteiger partial charge in [0.15, 0.2) is 0 Å². The molecule has 1 saturated heterocycles. The molecule has 19 heavy (non-hydrogen) atoms. The summed E-state index contributed by atoms with van der Waals surface area (Å²) >= 11 is 6.25. The van der Waals surface area contributed by atoms with Crippen molar-refractivity contribution in [1.82, 2.24) is 0 Å². The van der Waals surface area contributed by atoms with Gasteiger partial charge in [-0.25, -0.2) is 0 Å². The minimum Gasteiger partial charge on any atom is -0.402 e. The number of hydrogen-bond acceptors (Lipinski definition) is 3. The molecule has 1 aromatic carbocycles. The van der Waals surface area contributed by atoms with Crippen LogP contribution in [0.15, 0.2) is 18.2 Å². The predicted molar refractivity (Wildman–Crippen MR) is 79.2 cm³/mol. The van der Waals surface area contributed by atoms with Crippen molar-refractivity contribution in [3.05, 3.63) is 34.3 Å². The average molecular weight is 282 g/mol. The first-order chi connectivity index (χ1) is 8.66. The van der Waals surface area contributed by atoms with Crippen LogP contribution in [0.4, 0.5) is 0 Å². The zero-order valence-corrected chi connectivity index (χ0v) is 12.9. The number of halogens is 1. The smallest absolute Gasteiger partial charge is 0.402 e. The molecule has 0 spiro atoms. The van der Waals surface area contributed by atoms with Crippen LogP contribution >= 0.6 is 11.6 Å². The fourth-order valence-electron chi connectivity index (χ4n) is 2.24. The normalized spacial score (nSPS) is 22.6. The third-order valence-corrected chi connectivity index (χ3v) is 4.50. The van der Waals surface area contributed by atoms with Crippen molar-refractivity contribution in [3.8, 4) is 0 Å². The number of aryl methyl sites for hydroxylation is 1. The first-order valence-electron chi connectivity index (χ1n) is 6.52. The second kappa shape index (κ2) is 4.78. The van der Waals surface area contributed by atoms with E-state index in [2.05, 4.69) is 0 Å². The standard InChI is InChI=1S/C14H21BClNO2/c1-9-7-6-8-10(16)11(9)12(17)15-18-13(2,3)14(4,5)19-15/h6-8,12H,17H2,1-5H3/t12-/m0/s1. The van der Waals surface area contributed by atoms with Gasteiger partial charge in [-0.05, 0) is 51.8 Å². The van der Waals surface area contributed by atoms with Crippen LogP contribution in [0.3, 0.4) is 0 Å². The van der Waals surface area contributed by atoms with Gasteiger partial charge in [-0.2, -0.15) is 0 Å². The minimum absolute atomic E-state index is 0.384. The summed E-state index contributed by atoms with van der Waals surface area (Å²) in [4.78, 5) is 0. The number of nitrogens with two attached hydrogens (primary N) is 1. The molecule has 0 aromatic heterocycles. The molecule has 1 aromatic rings. The van der Waals surface area contributed by atoms with Crippen molar-refractivity contribution in [3.63, 3.8) is 0 Å². The lowest BCUT2D eigenvalue weighted by Crippen LogP contribution is -2.41. The number of hydrogen-bond donors (Lipinski definition) is 1. The Morgan fingerprint density at radius 2 is 1.68 bits per heavy atom. The lowest BCUT2D eigenvalue weighted by atomic mass is 9.73. The quantitative estimate of drug-likeness (QED) is 0.846. The Labute approximate surface area is 120 Å². The Balaban J connectivity index is 2.30. The van der Waals surface area contributed by atoms with E-state index in [-0.39, 0.29) is 11.2 Å². The Morgan fingerprint density at radius 1 is 1.16 bits per heavy atom. The highest BCUT2D eigenvalue weighted by atomic mass is 35.5. The van der Waals surface area contributed by atoms with Crippen molar-refractivity contribution < 1.29 is 9.31 Å². The van der Waals surface area contributed by atoms with Gasteiger partial charge in [0.05, 0.1) is 17.1 Å². The molecule has 104 valence electrons. The summed E-state index contributed by atoms with van der Waals surface area (Å²) in [6.45, 7) is 10.0. The summed E-state index contributed by atoms with van der Waals surface area (Å²) in [5.41, 5.74) is 7.48. The van der Waals surface area contributed by atoms with E-state index in [4.69, 9.17) is 26.6 Å². The van der Waals surface area contributed by atoms with Crippen LogP contribution in [0.2, 0.25) is 5.02 Å². The second-order valence-corrected chi connectivity index (χ2v) is 6.53. The fraction of sp³-hybridized carbons (Fsp3) is 0.571. The van der Waals surface area contributed by atoms with E-state index in [1.807, 2.05) is 52.8 Å². The van der Waals surface area contributed by atoms with Gasteiger partial charge in [0, 0.05) is 5.02 Å². The lowest BCUT2D eigenvalue weighted by molar-refractivity contribution is 0.00578. The molecular formula is C14H21BClNO2. The van der Waals surface area contributed by atoms with Gasteiger partial charge >= 0.3 is 7.12 Å². The summed E-state index contributed by atoms with van der Waals surface area (Å²) in [5, 5.41) is 0.655. The molecule has 0 unspecified atom stereocenters. The topological polar surface area (TPSA) is 44.5 Å². The van der Waals surface area contributed by atoms with E-state index in [9.17, 15) is 0 Å². The van der Waals surface area contributed by atoms with Gasteiger partial charge in [-0.1, -0.05) is 23.7 Å². The molecule has 1 heterocycles. The average Bonchev–Trinajstić information content (AvgIpc) is 2.47. The molecule has 0 amide bonds. The molecule has 5 heteroatoms. The van der Waals surface area contributed by atoms with Crippen molar-refractivity contribution in [2.75, 3.05) is 0 Å². The van der Waals surface area contributed by atoms with Gasteiger partial charge < -0.3 is 15.0 Å². The van der Waals surface area contributed by atoms with Crippen LogP contribution in [-0.2, 0) is 9.31 Å². The van der Waals surface area contributed by atoms with Gasteiger partial charge in [0.2, 0.25) is 0 Å². The first-order valence-corrected chi connectivity index (χ1v) is 6.90. The SMILES string of the molecule is Cc1cccc(Cl)c1[C@H](N)B1OC(C)(C)C(C)(C)O1. The lowest BCUT2D eigenvalue weighted by Gasteiger charge is -2.32. The Hall–Kier alpha value is -0.545. The van der Waals surface area contributed by atoms with Crippen LogP contribution in [0.5, 0.6) is 0 Å². The zero-order valence-electron chi connectivity index (χ0n) is 12.2. The minimum atomic E-state index is -0.483. The zero-order chi connectivity index (χ0) is 14.4. The van der Waals surface area contributed by atoms with E-state index < -0.39 is 13.1 Å². The van der Waals surface area contributed by atoms with Crippen LogP contribution in [-0.4, -0.2) is 18.3 Å². The number of benzene rings is 1. The molecule has 1 fully saturated rings. The molecule has 0 aliphatic carbocycles. The summed E-state index contributed by atoms with van der Waals surface area (Å²) in [6.07, 6.45) is 0. The van der Waals surface area contributed by atoms with E-state index in [1.54, 1.807) is 0 Å². The summed E-state index contributed by atoms with van der Waals surface area (Å²) in [7, 11) is -0.483. The maximum absolute atomic E-state index is 6.31. The molecular weight excluding hydrogens is 260 g/mol. The van der Waals surface area contributed by atoms with Crippen molar-refractivity contribution in [1.29, 1.82) is 0 Å². The van der Waals surface area contributed by atoms with Crippen molar-refractivity contribution >= 4 is 18.7 Å². The fourth-order valence-corrected chi connectivity index (χ4v) is 2.59. The third-order valence-electron chi connectivity index (χ3n) is 4.17. The molecule has 1 aliphatic rings. The van der Waals surface area contributed by atoms with Crippen LogP contribution < -0.4 is 5.73 Å². The van der Waals surface area contributed by atoms with Crippen LogP contribution in [0.25, 0.3) is 0 Å². The molecule has 0 saturated carbocycles. The van der Waals surface area contributed by atoms with Crippen LogP contribution in [0, 0.1) is 6.92 Å². The Morgan fingerprint density at radius 3 is 2.16 bits per heavy atom. The maximum atomic E-state index is 6.31. The molecule has 0 bridgehead atoms. The van der Waals surface area contributed by atoms with E-state index >= 15 is 0 Å². The Kier molecular flexibility index (Phi) is 3.73. The third kappa shape index (κ3) is 2.55. The van der Waals surface area contributed by atoms with Gasteiger partial charge in [0.1, 0.15) is 0 Å². The summed E-state index contributed by atoms with van der Waals surface area (Å²) in [5.74, 6) is -0.394. The molecule has 0 radical (unpaired) electrons. The summed E-state index contributed by atoms with van der Waals surface area (Å²) < 4.78 is 12.0. The Bertz CT molecular complexity index is 454. The predicted octanol–water partition coefficient (Wildman–Crippen LogP) is 3.28. The van der Waals surface area contributed by atoms with E-state index in [1.165, 1.54) is 0 Å². The van der Waals surface area contributed by atoms with Crippen molar-refractivity contribution in [2.24, 2.45) is 5.73 Å². The van der Waals surface area contributed by atoms with Gasteiger partial charge in [-0.15, -0.1) is 0 Å². The highest BCUT2D eigenvalue weighted by molar-refractivity contribution is 6.48. The van der Waals surface area contributed by atoms with E-state index in [0.29, 0.717) is 5.02 Å². The largest absolute Gasteiger partial charge is 0.480 e.